The maximum absolute atomic E-state index is 12.7. The van der Waals surface area contributed by atoms with Crippen LogP contribution >= 0.6 is 0 Å². The van der Waals surface area contributed by atoms with Gasteiger partial charge in [0.25, 0.3) is 10.0 Å². The molecular formula is C24H22N4O3S. The Hall–Kier alpha value is -3.91. The third-order valence-electron chi connectivity index (χ3n) is 4.86. The molecule has 0 atom stereocenters. The molecule has 0 unspecified atom stereocenters. The van der Waals surface area contributed by atoms with Crippen LogP contribution in [0.15, 0.2) is 94.9 Å². The van der Waals surface area contributed by atoms with E-state index in [1.54, 1.807) is 55.6 Å². The van der Waals surface area contributed by atoms with E-state index < -0.39 is 10.0 Å². The van der Waals surface area contributed by atoms with E-state index in [4.69, 9.17) is 4.74 Å². The van der Waals surface area contributed by atoms with Crippen LogP contribution in [0.2, 0.25) is 0 Å². The summed E-state index contributed by atoms with van der Waals surface area (Å²) in [6, 6.07) is 24.9. The van der Waals surface area contributed by atoms with Gasteiger partial charge in [-0.2, -0.15) is 5.10 Å². The van der Waals surface area contributed by atoms with Crippen molar-refractivity contribution in [3.63, 3.8) is 0 Å². The average Bonchev–Trinajstić information content (AvgIpc) is 2.82. The normalized spacial score (nSPS) is 11.9. The fourth-order valence-electron chi connectivity index (χ4n) is 3.08. The van der Waals surface area contributed by atoms with Gasteiger partial charge < -0.3 is 4.74 Å². The van der Waals surface area contributed by atoms with Crippen LogP contribution in [0, 0.1) is 0 Å². The molecule has 7 nitrogen and oxygen atoms in total. The van der Waals surface area contributed by atoms with Crippen molar-refractivity contribution in [2.24, 2.45) is 5.10 Å². The third kappa shape index (κ3) is 4.87. The summed E-state index contributed by atoms with van der Waals surface area (Å²) in [6.45, 7) is 1.84. The fourth-order valence-corrected chi connectivity index (χ4v) is 4.14. The molecule has 32 heavy (non-hydrogen) atoms. The molecule has 0 spiro atoms. The van der Waals surface area contributed by atoms with Crippen molar-refractivity contribution >= 4 is 38.1 Å². The topological polar surface area (TPSA) is 92.7 Å². The Morgan fingerprint density at radius 3 is 2.34 bits per heavy atom. The van der Waals surface area contributed by atoms with E-state index in [9.17, 15) is 8.42 Å². The smallest absolute Gasteiger partial charge is 0.261 e. The van der Waals surface area contributed by atoms with Crippen LogP contribution in [0.1, 0.15) is 12.5 Å². The maximum Gasteiger partial charge on any atom is 0.261 e. The number of benzene rings is 3. The number of nitrogens with zero attached hydrogens (tertiary/aromatic N) is 2. The van der Waals surface area contributed by atoms with Crippen molar-refractivity contribution in [1.29, 1.82) is 0 Å². The third-order valence-corrected chi connectivity index (χ3v) is 6.26. The Balaban J connectivity index is 1.46. The number of hydrazone groups is 1. The van der Waals surface area contributed by atoms with Crippen molar-refractivity contribution in [2.45, 2.75) is 11.8 Å². The molecule has 0 saturated carbocycles. The summed E-state index contributed by atoms with van der Waals surface area (Å²) in [5.74, 6) is 1.28. The van der Waals surface area contributed by atoms with E-state index in [1.165, 1.54) is 0 Å². The molecule has 0 saturated heterocycles. The first-order valence-corrected chi connectivity index (χ1v) is 11.4. The molecule has 162 valence electrons. The standard InChI is InChI=1S/C24H22N4O3S/c1-17(26-27-24-16-9-19-5-3-4-6-23(19)25-24)18-7-14-22(15-8-18)32(29,30)28-20-10-12-21(31-2)13-11-20/h3-16,28H,1-2H3,(H,25,27)/b26-17-. The van der Waals surface area contributed by atoms with Crippen molar-refractivity contribution in [1.82, 2.24) is 4.98 Å². The summed E-state index contributed by atoms with van der Waals surface area (Å²) in [5, 5.41) is 5.43. The molecule has 3 aromatic carbocycles. The molecule has 4 rings (SSSR count). The van der Waals surface area contributed by atoms with Crippen molar-refractivity contribution in [2.75, 3.05) is 17.3 Å². The van der Waals surface area contributed by atoms with E-state index in [0.717, 1.165) is 16.5 Å². The lowest BCUT2D eigenvalue weighted by atomic mass is 10.1. The molecule has 2 N–H and O–H groups in total. The molecule has 4 aromatic rings. The number of rotatable bonds is 7. The van der Waals surface area contributed by atoms with E-state index in [1.807, 2.05) is 43.3 Å². The SMILES string of the molecule is COc1ccc(NS(=O)(=O)c2ccc(/C(C)=N\Nc3ccc4ccccc4n3)cc2)cc1. The summed E-state index contributed by atoms with van der Waals surface area (Å²) in [4.78, 5) is 4.69. The summed E-state index contributed by atoms with van der Waals surface area (Å²) in [5.41, 5.74) is 5.79. The van der Waals surface area contributed by atoms with Crippen LogP contribution in [0.4, 0.5) is 11.5 Å². The number of aromatic nitrogens is 1. The zero-order valence-electron chi connectivity index (χ0n) is 17.6. The summed E-state index contributed by atoms with van der Waals surface area (Å²) < 4.78 is 33.0. The second kappa shape index (κ2) is 9.07. The number of fused-ring (bicyclic) bond motifs is 1. The van der Waals surface area contributed by atoms with Crippen LogP contribution in [0.3, 0.4) is 0 Å². The van der Waals surface area contributed by atoms with Gasteiger partial charge in [-0.3, -0.25) is 10.1 Å². The van der Waals surface area contributed by atoms with Crippen LogP contribution in [-0.4, -0.2) is 26.2 Å². The first-order valence-electron chi connectivity index (χ1n) is 9.88. The fraction of sp³-hybridized carbons (Fsp3) is 0.0833. The van der Waals surface area contributed by atoms with Crippen LogP contribution < -0.4 is 14.9 Å². The molecule has 1 aromatic heterocycles. The minimum atomic E-state index is -3.71. The zero-order valence-corrected chi connectivity index (χ0v) is 18.4. The van der Waals surface area contributed by atoms with Gasteiger partial charge in [-0.05, 0) is 67.1 Å². The molecule has 0 fully saturated rings. The van der Waals surface area contributed by atoms with Gasteiger partial charge >= 0.3 is 0 Å². The predicted octanol–water partition coefficient (Wildman–Crippen LogP) is 4.88. The first-order chi connectivity index (χ1) is 15.4. The minimum Gasteiger partial charge on any atom is -0.497 e. The van der Waals surface area contributed by atoms with Crippen molar-refractivity contribution in [3.8, 4) is 5.75 Å². The Labute approximate surface area is 186 Å². The number of pyridine rings is 1. The molecule has 0 amide bonds. The lowest BCUT2D eigenvalue weighted by Crippen LogP contribution is -2.13. The first kappa shape index (κ1) is 21.3. The second-order valence-corrected chi connectivity index (χ2v) is 8.74. The van der Waals surface area contributed by atoms with Crippen LogP contribution in [0.5, 0.6) is 5.75 Å². The highest BCUT2D eigenvalue weighted by Gasteiger charge is 2.14. The highest BCUT2D eigenvalue weighted by atomic mass is 32.2. The Kier molecular flexibility index (Phi) is 6.04. The van der Waals surface area contributed by atoms with Crippen LogP contribution in [0.25, 0.3) is 10.9 Å². The molecule has 0 radical (unpaired) electrons. The summed E-state index contributed by atoms with van der Waals surface area (Å²) in [6.07, 6.45) is 0. The minimum absolute atomic E-state index is 0.161. The zero-order chi connectivity index (χ0) is 22.6. The average molecular weight is 447 g/mol. The van der Waals surface area contributed by atoms with E-state index in [-0.39, 0.29) is 4.90 Å². The molecule has 8 heteroatoms. The summed E-state index contributed by atoms with van der Waals surface area (Å²) >= 11 is 0. The number of nitrogens with one attached hydrogen (secondary N) is 2. The van der Waals surface area contributed by atoms with E-state index >= 15 is 0 Å². The van der Waals surface area contributed by atoms with E-state index in [0.29, 0.717) is 23.0 Å². The predicted molar refractivity (Wildman–Crippen MR) is 128 cm³/mol. The molecule has 0 aliphatic carbocycles. The van der Waals surface area contributed by atoms with Gasteiger partial charge in [0.2, 0.25) is 0 Å². The molecule has 1 heterocycles. The molecular weight excluding hydrogens is 424 g/mol. The van der Waals surface area contributed by atoms with E-state index in [2.05, 4.69) is 20.2 Å². The second-order valence-electron chi connectivity index (χ2n) is 7.06. The Morgan fingerprint density at radius 2 is 1.62 bits per heavy atom. The highest BCUT2D eigenvalue weighted by Crippen LogP contribution is 2.20. The highest BCUT2D eigenvalue weighted by molar-refractivity contribution is 7.92. The van der Waals surface area contributed by atoms with Crippen LogP contribution in [-0.2, 0) is 10.0 Å². The molecule has 0 bridgehead atoms. The lowest BCUT2D eigenvalue weighted by molar-refractivity contribution is 0.415. The monoisotopic (exact) mass is 446 g/mol. The van der Waals surface area contributed by atoms with Gasteiger partial charge in [-0.15, -0.1) is 0 Å². The van der Waals surface area contributed by atoms with Crippen molar-refractivity contribution < 1.29 is 13.2 Å². The number of sulfonamides is 1. The van der Waals surface area contributed by atoms with Gasteiger partial charge in [0.15, 0.2) is 0 Å². The number of hydrogen-bond acceptors (Lipinski definition) is 6. The van der Waals surface area contributed by atoms with Crippen molar-refractivity contribution in [3.05, 3.63) is 90.5 Å². The van der Waals surface area contributed by atoms with Gasteiger partial charge in [0.1, 0.15) is 11.6 Å². The van der Waals surface area contributed by atoms with Gasteiger partial charge in [-0.1, -0.05) is 30.3 Å². The number of hydrogen-bond donors (Lipinski definition) is 2. The largest absolute Gasteiger partial charge is 0.497 e. The Bertz CT molecular complexity index is 1370. The number of methoxy groups -OCH3 is 1. The number of anilines is 2. The van der Waals surface area contributed by atoms with Gasteiger partial charge in [0.05, 0.1) is 23.2 Å². The molecule has 0 aliphatic heterocycles. The number of para-hydroxylation sites is 1. The lowest BCUT2D eigenvalue weighted by Gasteiger charge is -2.10. The quantitative estimate of drug-likeness (QED) is 0.312. The Morgan fingerprint density at radius 1 is 0.906 bits per heavy atom. The van der Waals surface area contributed by atoms with Gasteiger partial charge in [-0.25, -0.2) is 13.4 Å². The summed E-state index contributed by atoms with van der Waals surface area (Å²) in [7, 11) is -2.15. The molecule has 0 aliphatic rings. The van der Waals surface area contributed by atoms with Gasteiger partial charge in [0, 0.05) is 11.1 Å². The number of ether oxygens (including phenoxy) is 1. The maximum atomic E-state index is 12.7.